The third-order valence-corrected chi connectivity index (χ3v) is 6.46. The molecule has 0 bridgehead atoms. The summed E-state index contributed by atoms with van der Waals surface area (Å²) in [6.45, 7) is 7.70. The summed E-state index contributed by atoms with van der Waals surface area (Å²) < 4.78 is 6.01. The largest absolute Gasteiger partial charge is 0.396 e. The van der Waals surface area contributed by atoms with Crippen LogP contribution >= 0.6 is 24.0 Å². The van der Waals surface area contributed by atoms with Gasteiger partial charge in [-0.05, 0) is 62.6 Å². The molecule has 0 amide bonds. The normalized spacial score (nSPS) is 18.3. The van der Waals surface area contributed by atoms with E-state index >= 15 is 0 Å². The lowest BCUT2D eigenvalue weighted by atomic mass is 9.97. The smallest absolute Gasteiger partial charge is 0.191 e. The molecule has 2 aliphatic rings. The molecule has 3 N–H and O–H groups in total. The lowest BCUT2D eigenvalue weighted by Gasteiger charge is -2.32. The number of aliphatic imine (C=N–C) groups is 1. The third-order valence-electron chi connectivity index (χ3n) is 6.46. The lowest BCUT2D eigenvalue weighted by molar-refractivity contribution is 0.0277. The van der Waals surface area contributed by atoms with Crippen molar-refractivity contribution in [3.8, 4) is 0 Å². The van der Waals surface area contributed by atoms with Gasteiger partial charge in [0.2, 0.25) is 0 Å². The van der Waals surface area contributed by atoms with Gasteiger partial charge in [-0.1, -0.05) is 31.4 Å². The molecule has 32 heavy (non-hydrogen) atoms. The molecule has 3 rings (SSSR count). The Morgan fingerprint density at radius 1 is 1.06 bits per heavy atom. The van der Waals surface area contributed by atoms with Crippen molar-refractivity contribution in [3.63, 3.8) is 0 Å². The van der Waals surface area contributed by atoms with E-state index in [0.29, 0.717) is 25.2 Å². The second-order valence-corrected chi connectivity index (χ2v) is 8.89. The Hall–Kier alpha value is -1.06. The maximum absolute atomic E-state index is 9.31. The number of piperidine rings is 1. The van der Waals surface area contributed by atoms with Crippen LogP contribution in [0.5, 0.6) is 0 Å². The molecule has 182 valence electrons. The van der Waals surface area contributed by atoms with Crippen molar-refractivity contribution in [2.45, 2.75) is 70.9 Å². The first-order valence-corrected chi connectivity index (χ1v) is 12.4. The van der Waals surface area contributed by atoms with Crippen LogP contribution in [0.3, 0.4) is 0 Å². The molecule has 1 saturated heterocycles. The molecule has 0 radical (unpaired) electrons. The predicted molar refractivity (Wildman–Crippen MR) is 144 cm³/mol. The SMILES string of the molecule is CCNC(=NCc1ccc(N2CCC(CO)CC2)cc1)NCCCOC1CCCCC1.I. The molecule has 0 aromatic heterocycles. The number of ether oxygens (including phenoxy) is 1. The number of anilines is 1. The molecule has 1 aromatic rings. The van der Waals surface area contributed by atoms with E-state index in [9.17, 15) is 5.11 Å². The Morgan fingerprint density at radius 2 is 1.78 bits per heavy atom. The zero-order valence-electron chi connectivity index (χ0n) is 19.7. The Bertz CT molecular complexity index is 642. The van der Waals surface area contributed by atoms with E-state index in [1.807, 2.05) is 0 Å². The molecule has 7 heteroatoms. The van der Waals surface area contributed by atoms with Crippen molar-refractivity contribution >= 4 is 35.6 Å². The van der Waals surface area contributed by atoms with Gasteiger partial charge >= 0.3 is 0 Å². The second kappa shape index (κ2) is 15.7. The molecule has 0 unspecified atom stereocenters. The lowest BCUT2D eigenvalue weighted by Crippen LogP contribution is -2.38. The average Bonchev–Trinajstić information content (AvgIpc) is 2.83. The summed E-state index contributed by atoms with van der Waals surface area (Å²) in [5.41, 5.74) is 2.49. The summed E-state index contributed by atoms with van der Waals surface area (Å²) in [4.78, 5) is 7.16. The van der Waals surface area contributed by atoms with Crippen LogP contribution in [0, 0.1) is 5.92 Å². The Balaban J connectivity index is 0.00000363. The van der Waals surface area contributed by atoms with Crippen LogP contribution in [0.1, 0.15) is 63.9 Å². The van der Waals surface area contributed by atoms with Crippen LogP contribution in [0.4, 0.5) is 5.69 Å². The number of aliphatic hydroxyl groups excluding tert-OH is 1. The Labute approximate surface area is 211 Å². The maximum atomic E-state index is 9.31. The standard InChI is InChI=1S/C25H42N4O2.HI/c1-2-26-25(27-15-6-18-31-24-7-4-3-5-8-24)28-19-21-9-11-23(12-10-21)29-16-13-22(20-30)14-17-29;/h9-12,22,24,30H,2-8,13-20H2,1H3,(H2,26,27,28);1H. The highest BCUT2D eigenvalue weighted by atomic mass is 127. The van der Waals surface area contributed by atoms with Crippen LogP contribution < -0.4 is 15.5 Å². The summed E-state index contributed by atoms with van der Waals surface area (Å²) in [6.07, 6.45) is 10.1. The van der Waals surface area contributed by atoms with Crippen LogP contribution in [-0.2, 0) is 11.3 Å². The van der Waals surface area contributed by atoms with E-state index in [-0.39, 0.29) is 24.0 Å². The predicted octanol–water partition coefficient (Wildman–Crippen LogP) is 4.31. The minimum Gasteiger partial charge on any atom is -0.396 e. The Kier molecular flexibility index (Phi) is 13.4. The van der Waals surface area contributed by atoms with Gasteiger partial charge in [-0.3, -0.25) is 0 Å². The van der Waals surface area contributed by atoms with E-state index in [2.05, 4.69) is 46.7 Å². The maximum Gasteiger partial charge on any atom is 0.191 e. The van der Waals surface area contributed by atoms with Crippen LogP contribution in [-0.4, -0.2) is 56.6 Å². The zero-order chi connectivity index (χ0) is 21.7. The molecule has 0 spiro atoms. The van der Waals surface area contributed by atoms with Crippen LogP contribution in [0.25, 0.3) is 0 Å². The number of hydrogen-bond donors (Lipinski definition) is 3. The van der Waals surface area contributed by atoms with E-state index in [0.717, 1.165) is 58.0 Å². The number of nitrogens with zero attached hydrogens (tertiary/aromatic N) is 2. The molecular formula is C25H43IN4O2. The van der Waals surface area contributed by atoms with Crippen LogP contribution in [0.2, 0.25) is 0 Å². The zero-order valence-corrected chi connectivity index (χ0v) is 22.1. The molecule has 1 aliphatic heterocycles. The topological polar surface area (TPSA) is 69.1 Å². The summed E-state index contributed by atoms with van der Waals surface area (Å²) in [5.74, 6) is 1.34. The highest BCUT2D eigenvalue weighted by Crippen LogP contribution is 2.23. The molecule has 2 fully saturated rings. The summed E-state index contributed by atoms with van der Waals surface area (Å²) in [6, 6.07) is 8.76. The van der Waals surface area contributed by atoms with Gasteiger partial charge in [0.05, 0.1) is 12.6 Å². The molecule has 1 saturated carbocycles. The quantitative estimate of drug-likeness (QED) is 0.173. The van der Waals surface area contributed by atoms with Crippen molar-refractivity contribution in [1.82, 2.24) is 10.6 Å². The average molecular weight is 559 g/mol. The van der Waals surface area contributed by atoms with Gasteiger partial charge in [-0.2, -0.15) is 0 Å². The number of aliphatic hydroxyl groups is 1. The molecule has 1 heterocycles. The number of halogens is 1. The molecule has 1 aliphatic carbocycles. The minimum absolute atomic E-state index is 0. The minimum atomic E-state index is 0. The van der Waals surface area contributed by atoms with Gasteiger partial charge in [-0.15, -0.1) is 24.0 Å². The fraction of sp³-hybridized carbons (Fsp3) is 0.720. The monoisotopic (exact) mass is 558 g/mol. The van der Waals surface area contributed by atoms with Gasteiger partial charge < -0.3 is 25.4 Å². The molecule has 6 nitrogen and oxygen atoms in total. The molecular weight excluding hydrogens is 515 g/mol. The first kappa shape index (κ1) is 27.2. The van der Waals surface area contributed by atoms with E-state index in [4.69, 9.17) is 9.73 Å². The first-order valence-electron chi connectivity index (χ1n) is 12.4. The number of guanidine groups is 1. The van der Waals surface area contributed by atoms with Gasteiger partial charge in [0.15, 0.2) is 5.96 Å². The summed E-state index contributed by atoms with van der Waals surface area (Å²) in [5, 5.41) is 16.1. The summed E-state index contributed by atoms with van der Waals surface area (Å²) >= 11 is 0. The van der Waals surface area contributed by atoms with Crippen LogP contribution in [0.15, 0.2) is 29.3 Å². The van der Waals surface area contributed by atoms with E-state index < -0.39 is 0 Å². The fourth-order valence-electron chi connectivity index (χ4n) is 4.46. The highest BCUT2D eigenvalue weighted by molar-refractivity contribution is 14.0. The van der Waals surface area contributed by atoms with Crippen molar-refractivity contribution in [2.75, 3.05) is 44.3 Å². The van der Waals surface area contributed by atoms with Gasteiger partial charge in [0.25, 0.3) is 0 Å². The van der Waals surface area contributed by atoms with Crippen molar-refractivity contribution in [2.24, 2.45) is 10.9 Å². The van der Waals surface area contributed by atoms with Crippen molar-refractivity contribution < 1.29 is 9.84 Å². The van der Waals surface area contributed by atoms with Crippen molar-refractivity contribution in [1.29, 1.82) is 0 Å². The van der Waals surface area contributed by atoms with Gasteiger partial charge in [-0.25, -0.2) is 4.99 Å². The first-order chi connectivity index (χ1) is 15.3. The number of hydrogen-bond acceptors (Lipinski definition) is 4. The molecule has 0 atom stereocenters. The summed E-state index contributed by atoms with van der Waals surface area (Å²) in [7, 11) is 0. The molecule has 1 aromatic carbocycles. The van der Waals surface area contributed by atoms with Crippen molar-refractivity contribution in [3.05, 3.63) is 29.8 Å². The van der Waals surface area contributed by atoms with Gasteiger partial charge in [0, 0.05) is 45.1 Å². The van der Waals surface area contributed by atoms with E-state index in [1.54, 1.807) is 0 Å². The van der Waals surface area contributed by atoms with E-state index in [1.165, 1.54) is 43.4 Å². The number of rotatable bonds is 10. The fourth-order valence-corrected chi connectivity index (χ4v) is 4.46. The Morgan fingerprint density at radius 3 is 2.44 bits per heavy atom. The number of benzene rings is 1. The second-order valence-electron chi connectivity index (χ2n) is 8.89. The highest BCUT2D eigenvalue weighted by Gasteiger charge is 2.18. The third kappa shape index (κ3) is 9.43. The number of nitrogens with one attached hydrogen (secondary N) is 2. The van der Waals surface area contributed by atoms with Gasteiger partial charge in [0.1, 0.15) is 0 Å².